The van der Waals surface area contributed by atoms with Gasteiger partial charge in [0.15, 0.2) is 5.96 Å². The molecular formula is C18H35IN4. The fraction of sp³-hybridized carbons (Fsp3) is 0.833. The Bertz CT molecular complexity index is 362. The molecule has 1 aliphatic carbocycles. The lowest BCUT2D eigenvalue weighted by atomic mass is 10.0. The highest BCUT2D eigenvalue weighted by Gasteiger charge is 2.15. The van der Waals surface area contributed by atoms with Crippen molar-refractivity contribution in [2.24, 2.45) is 10.9 Å². The highest BCUT2D eigenvalue weighted by atomic mass is 127. The third-order valence-corrected chi connectivity index (χ3v) is 4.59. The number of likely N-dealkylation sites (tertiary alicyclic amines) is 1. The maximum absolute atomic E-state index is 4.72. The zero-order valence-corrected chi connectivity index (χ0v) is 17.2. The molecule has 1 unspecified atom stereocenters. The quantitative estimate of drug-likeness (QED) is 0.212. The summed E-state index contributed by atoms with van der Waals surface area (Å²) < 4.78 is 0. The van der Waals surface area contributed by atoms with Crippen LogP contribution in [0.15, 0.2) is 17.1 Å². The number of rotatable bonds is 7. The first kappa shape index (κ1) is 20.7. The molecule has 134 valence electrons. The predicted octanol–water partition coefficient (Wildman–Crippen LogP) is 3.39. The van der Waals surface area contributed by atoms with Crippen molar-refractivity contribution in [2.75, 3.05) is 32.7 Å². The van der Waals surface area contributed by atoms with Crippen LogP contribution in [0.3, 0.4) is 0 Å². The molecule has 0 aromatic heterocycles. The Morgan fingerprint density at radius 3 is 2.74 bits per heavy atom. The molecule has 2 aliphatic rings. The van der Waals surface area contributed by atoms with Gasteiger partial charge in [-0.3, -0.25) is 4.99 Å². The second-order valence-corrected chi connectivity index (χ2v) is 6.80. The topological polar surface area (TPSA) is 39.7 Å². The van der Waals surface area contributed by atoms with Gasteiger partial charge in [0.2, 0.25) is 0 Å². The van der Waals surface area contributed by atoms with E-state index in [2.05, 4.69) is 41.5 Å². The molecule has 0 aromatic rings. The summed E-state index contributed by atoms with van der Waals surface area (Å²) in [5.41, 5.74) is 0. The number of halogens is 1. The molecule has 0 bridgehead atoms. The van der Waals surface area contributed by atoms with E-state index in [0.29, 0.717) is 6.04 Å². The minimum Gasteiger partial charge on any atom is -0.357 e. The van der Waals surface area contributed by atoms with Crippen LogP contribution >= 0.6 is 24.0 Å². The number of unbranched alkanes of at least 4 members (excludes halogenated alkanes) is 1. The lowest BCUT2D eigenvalue weighted by molar-refractivity contribution is 0.181. The summed E-state index contributed by atoms with van der Waals surface area (Å²) in [5.74, 6) is 1.87. The van der Waals surface area contributed by atoms with E-state index in [1.165, 1.54) is 45.3 Å². The Morgan fingerprint density at radius 2 is 2.04 bits per heavy atom. The third kappa shape index (κ3) is 8.38. The Kier molecular flexibility index (Phi) is 10.9. The van der Waals surface area contributed by atoms with E-state index in [1.54, 1.807) is 0 Å². The summed E-state index contributed by atoms with van der Waals surface area (Å²) in [5, 5.41) is 6.89. The lowest BCUT2D eigenvalue weighted by Gasteiger charge is -2.30. The molecule has 4 nitrogen and oxygen atoms in total. The summed E-state index contributed by atoms with van der Waals surface area (Å²) in [6.07, 6.45) is 12.0. The van der Waals surface area contributed by atoms with Gasteiger partial charge in [0.25, 0.3) is 0 Å². The Labute approximate surface area is 159 Å². The number of piperidine rings is 1. The van der Waals surface area contributed by atoms with Crippen LogP contribution in [-0.4, -0.2) is 49.6 Å². The average Bonchev–Trinajstić information content (AvgIpc) is 3.00. The van der Waals surface area contributed by atoms with Crippen molar-refractivity contribution >= 4 is 29.9 Å². The van der Waals surface area contributed by atoms with Gasteiger partial charge >= 0.3 is 0 Å². The molecule has 0 aromatic carbocycles. The van der Waals surface area contributed by atoms with Crippen LogP contribution in [0.5, 0.6) is 0 Å². The minimum atomic E-state index is 0. The van der Waals surface area contributed by atoms with Crippen LogP contribution in [0.4, 0.5) is 0 Å². The smallest absolute Gasteiger partial charge is 0.191 e. The normalized spacial score (nSPS) is 22.9. The van der Waals surface area contributed by atoms with Gasteiger partial charge in [0, 0.05) is 25.7 Å². The molecule has 5 heteroatoms. The summed E-state index contributed by atoms with van der Waals surface area (Å²) in [4.78, 5) is 7.35. The second kappa shape index (κ2) is 12.1. The first-order valence-electron chi connectivity index (χ1n) is 9.20. The first-order valence-corrected chi connectivity index (χ1v) is 9.20. The van der Waals surface area contributed by atoms with E-state index >= 15 is 0 Å². The van der Waals surface area contributed by atoms with Crippen molar-refractivity contribution in [3.05, 3.63) is 12.2 Å². The highest BCUT2D eigenvalue weighted by molar-refractivity contribution is 14.0. The molecule has 0 amide bonds. The molecule has 0 saturated carbocycles. The number of hydrogen-bond donors (Lipinski definition) is 2. The van der Waals surface area contributed by atoms with Crippen LogP contribution in [-0.2, 0) is 0 Å². The lowest BCUT2D eigenvalue weighted by Crippen LogP contribution is -2.42. The van der Waals surface area contributed by atoms with E-state index in [9.17, 15) is 0 Å². The predicted molar refractivity (Wildman–Crippen MR) is 111 cm³/mol. The van der Waals surface area contributed by atoms with Gasteiger partial charge in [0.05, 0.1) is 0 Å². The van der Waals surface area contributed by atoms with Crippen LogP contribution in [0.25, 0.3) is 0 Å². The van der Waals surface area contributed by atoms with Gasteiger partial charge < -0.3 is 15.5 Å². The van der Waals surface area contributed by atoms with E-state index in [0.717, 1.165) is 37.8 Å². The van der Waals surface area contributed by atoms with Gasteiger partial charge in [-0.05, 0) is 64.5 Å². The number of nitrogens with one attached hydrogen (secondary N) is 2. The number of aliphatic imine (C=N–C) groups is 1. The minimum absolute atomic E-state index is 0. The van der Waals surface area contributed by atoms with Crippen LogP contribution in [0.2, 0.25) is 0 Å². The molecule has 2 rings (SSSR count). The summed E-state index contributed by atoms with van der Waals surface area (Å²) >= 11 is 0. The van der Waals surface area contributed by atoms with E-state index in [1.807, 2.05) is 0 Å². The van der Waals surface area contributed by atoms with Crippen LogP contribution < -0.4 is 10.6 Å². The van der Waals surface area contributed by atoms with Crippen LogP contribution in [0, 0.1) is 5.92 Å². The van der Waals surface area contributed by atoms with Gasteiger partial charge in [-0.15, -0.1) is 24.0 Å². The molecule has 1 fully saturated rings. The largest absolute Gasteiger partial charge is 0.357 e. The molecule has 23 heavy (non-hydrogen) atoms. The van der Waals surface area contributed by atoms with Crippen molar-refractivity contribution in [3.63, 3.8) is 0 Å². The Balaban J connectivity index is 0.00000264. The second-order valence-electron chi connectivity index (χ2n) is 6.80. The van der Waals surface area contributed by atoms with Gasteiger partial charge in [-0.2, -0.15) is 0 Å². The SMILES string of the molecule is CCNC(=NCCCCN1CCCC(C)C1)NC1CC=CC1.I. The first-order chi connectivity index (χ1) is 10.8. The van der Waals surface area contributed by atoms with E-state index < -0.39 is 0 Å². The van der Waals surface area contributed by atoms with Gasteiger partial charge in [-0.25, -0.2) is 0 Å². The molecule has 1 heterocycles. The molecule has 0 spiro atoms. The Morgan fingerprint density at radius 1 is 1.26 bits per heavy atom. The zero-order chi connectivity index (χ0) is 15.6. The zero-order valence-electron chi connectivity index (χ0n) is 14.9. The third-order valence-electron chi connectivity index (χ3n) is 4.59. The molecule has 1 saturated heterocycles. The van der Waals surface area contributed by atoms with E-state index in [-0.39, 0.29) is 24.0 Å². The summed E-state index contributed by atoms with van der Waals surface area (Å²) in [6, 6.07) is 0.535. The van der Waals surface area contributed by atoms with Crippen LogP contribution in [0.1, 0.15) is 52.4 Å². The highest BCUT2D eigenvalue weighted by Crippen LogP contribution is 2.15. The van der Waals surface area contributed by atoms with Crippen molar-refractivity contribution in [2.45, 2.75) is 58.4 Å². The molecule has 2 N–H and O–H groups in total. The summed E-state index contributed by atoms with van der Waals surface area (Å²) in [6.45, 7) is 10.2. The fourth-order valence-corrected chi connectivity index (χ4v) is 3.38. The summed E-state index contributed by atoms with van der Waals surface area (Å²) in [7, 11) is 0. The molecule has 1 aliphatic heterocycles. The Hall–Kier alpha value is -0.300. The van der Waals surface area contributed by atoms with Crippen molar-refractivity contribution in [1.82, 2.24) is 15.5 Å². The maximum Gasteiger partial charge on any atom is 0.191 e. The number of hydrogen-bond acceptors (Lipinski definition) is 2. The molecule has 0 radical (unpaired) electrons. The van der Waals surface area contributed by atoms with Crippen molar-refractivity contribution in [3.8, 4) is 0 Å². The maximum atomic E-state index is 4.72. The van der Waals surface area contributed by atoms with Crippen molar-refractivity contribution < 1.29 is 0 Å². The molecular weight excluding hydrogens is 399 g/mol. The number of guanidine groups is 1. The van der Waals surface area contributed by atoms with Crippen molar-refractivity contribution in [1.29, 1.82) is 0 Å². The molecule has 1 atom stereocenters. The van der Waals surface area contributed by atoms with Gasteiger partial charge in [0.1, 0.15) is 0 Å². The van der Waals surface area contributed by atoms with E-state index in [4.69, 9.17) is 4.99 Å². The average molecular weight is 434 g/mol. The van der Waals surface area contributed by atoms with Gasteiger partial charge in [-0.1, -0.05) is 19.1 Å². The number of nitrogens with zero attached hydrogens (tertiary/aromatic N) is 2. The fourth-order valence-electron chi connectivity index (χ4n) is 3.38. The monoisotopic (exact) mass is 434 g/mol. The standard InChI is InChI=1S/C18H34N4.HI/c1-3-19-18(21-17-10-4-5-11-17)20-12-6-7-13-22-14-8-9-16(2)15-22;/h4-5,16-17H,3,6-15H2,1-2H3,(H2,19,20,21);1H.